The van der Waals surface area contributed by atoms with E-state index in [-0.39, 0.29) is 6.23 Å². The highest BCUT2D eigenvalue weighted by atomic mass is 35.5. The zero-order chi connectivity index (χ0) is 14.2. The molecule has 0 aliphatic carbocycles. The maximum atomic E-state index is 6.11. The first-order valence-electron chi connectivity index (χ1n) is 6.97. The minimum Gasteiger partial charge on any atom is -0.471 e. The molecule has 0 fully saturated rings. The van der Waals surface area contributed by atoms with Crippen molar-refractivity contribution in [2.45, 2.75) is 12.8 Å². The van der Waals surface area contributed by atoms with Crippen molar-refractivity contribution in [3.05, 3.63) is 76.8 Å². The third-order valence-electron chi connectivity index (χ3n) is 3.86. The number of benzene rings is 3. The first-order chi connectivity index (χ1) is 10.3. The van der Waals surface area contributed by atoms with Crippen molar-refractivity contribution < 1.29 is 4.74 Å². The highest BCUT2D eigenvalue weighted by Gasteiger charge is 2.22. The zero-order valence-electron chi connectivity index (χ0n) is 11.3. The van der Waals surface area contributed by atoms with E-state index in [1.807, 2.05) is 24.3 Å². The molecule has 0 amide bonds. The molecule has 0 aromatic heterocycles. The molecule has 1 aliphatic heterocycles. The summed E-state index contributed by atoms with van der Waals surface area (Å²) < 4.78 is 6.11. The molecule has 1 aliphatic rings. The monoisotopic (exact) mass is 295 g/mol. The topological polar surface area (TPSA) is 21.3 Å². The van der Waals surface area contributed by atoms with Gasteiger partial charge in [-0.2, -0.15) is 0 Å². The van der Waals surface area contributed by atoms with E-state index in [1.165, 1.54) is 16.3 Å². The van der Waals surface area contributed by atoms with Gasteiger partial charge in [0.2, 0.25) is 0 Å². The van der Waals surface area contributed by atoms with E-state index in [2.05, 4.69) is 41.7 Å². The third-order valence-corrected chi connectivity index (χ3v) is 4.09. The van der Waals surface area contributed by atoms with Crippen LogP contribution in [0.5, 0.6) is 5.75 Å². The summed E-state index contributed by atoms with van der Waals surface area (Å²) in [4.78, 5) is 0. The van der Waals surface area contributed by atoms with Crippen LogP contribution < -0.4 is 10.1 Å². The molecule has 3 heteroatoms. The van der Waals surface area contributed by atoms with E-state index >= 15 is 0 Å². The summed E-state index contributed by atoms with van der Waals surface area (Å²) in [5, 5.41) is 6.64. The summed E-state index contributed by atoms with van der Waals surface area (Å²) in [6.45, 7) is 0.786. The number of ether oxygens (including phenoxy) is 1. The Kier molecular flexibility index (Phi) is 3.06. The molecule has 3 aromatic carbocycles. The van der Waals surface area contributed by atoms with Crippen LogP contribution in [0.2, 0.25) is 5.02 Å². The molecule has 0 saturated carbocycles. The number of hydrogen-bond donors (Lipinski definition) is 1. The Balaban J connectivity index is 1.74. The van der Waals surface area contributed by atoms with E-state index < -0.39 is 0 Å². The average molecular weight is 296 g/mol. The Hall–Kier alpha value is -2.03. The van der Waals surface area contributed by atoms with Crippen LogP contribution in [0.15, 0.2) is 60.7 Å². The van der Waals surface area contributed by atoms with E-state index in [0.717, 1.165) is 22.9 Å². The average Bonchev–Trinajstić information content (AvgIpc) is 2.54. The normalized spacial score (nSPS) is 17.3. The quantitative estimate of drug-likeness (QED) is 0.704. The molecule has 0 spiro atoms. The van der Waals surface area contributed by atoms with Crippen molar-refractivity contribution in [2.24, 2.45) is 0 Å². The van der Waals surface area contributed by atoms with Crippen molar-refractivity contribution >= 4 is 22.4 Å². The van der Waals surface area contributed by atoms with Gasteiger partial charge in [-0.3, -0.25) is 5.32 Å². The molecule has 0 unspecified atom stereocenters. The lowest BCUT2D eigenvalue weighted by molar-refractivity contribution is 0.145. The fraction of sp³-hybridized carbons (Fsp3) is 0.111. The van der Waals surface area contributed by atoms with E-state index in [9.17, 15) is 0 Å². The fourth-order valence-electron chi connectivity index (χ4n) is 2.83. The molecule has 3 aromatic rings. The van der Waals surface area contributed by atoms with Gasteiger partial charge in [0.25, 0.3) is 0 Å². The number of fused-ring (bicyclic) bond motifs is 3. The van der Waals surface area contributed by atoms with Crippen molar-refractivity contribution in [1.82, 2.24) is 5.32 Å². The van der Waals surface area contributed by atoms with E-state index in [1.54, 1.807) is 0 Å². The molecule has 1 atom stereocenters. The number of hydrogen-bond acceptors (Lipinski definition) is 2. The molecule has 1 N–H and O–H groups in total. The molecule has 104 valence electrons. The Bertz CT molecular complexity index is 815. The van der Waals surface area contributed by atoms with E-state index in [0.29, 0.717) is 0 Å². The number of rotatable bonds is 1. The van der Waals surface area contributed by atoms with Crippen LogP contribution in [-0.2, 0) is 6.54 Å². The lowest BCUT2D eigenvalue weighted by Crippen LogP contribution is -2.30. The van der Waals surface area contributed by atoms with E-state index in [4.69, 9.17) is 16.3 Å². The molecule has 2 nitrogen and oxygen atoms in total. The lowest BCUT2D eigenvalue weighted by atomic mass is 10.0. The predicted molar refractivity (Wildman–Crippen MR) is 85.6 cm³/mol. The molecule has 0 saturated heterocycles. The van der Waals surface area contributed by atoms with Gasteiger partial charge in [-0.05, 0) is 29.0 Å². The Labute approximate surface area is 128 Å². The van der Waals surface area contributed by atoms with Crippen LogP contribution in [0.1, 0.15) is 17.4 Å². The summed E-state index contributed by atoms with van der Waals surface area (Å²) in [5.74, 6) is 0.942. The van der Waals surface area contributed by atoms with Crippen LogP contribution in [0.25, 0.3) is 10.8 Å². The highest BCUT2D eigenvalue weighted by molar-refractivity contribution is 6.30. The molecule has 4 rings (SSSR count). The minimum absolute atomic E-state index is 0.155. The van der Waals surface area contributed by atoms with Gasteiger partial charge in [0, 0.05) is 22.7 Å². The molecule has 1 heterocycles. The zero-order valence-corrected chi connectivity index (χ0v) is 12.1. The maximum Gasteiger partial charge on any atom is 0.176 e. The summed E-state index contributed by atoms with van der Waals surface area (Å²) in [5.41, 5.74) is 2.26. The van der Waals surface area contributed by atoms with Crippen LogP contribution in [-0.4, -0.2) is 0 Å². The summed E-state index contributed by atoms with van der Waals surface area (Å²) in [6.07, 6.45) is -0.155. The van der Waals surface area contributed by atoms with Gasteiger partial charge in [0.05, 0.1) is 0 Å². The van der Waals surface area contributed by atoms with Gasteiger partial charge in [0.15, 0.2) is 6.23 Å². The summed E-state index contributed by atoms with van der Waals surface area (Å²) in [7, 11) is 0. The van der Waals surface area contributed by atoms with Gasteiger partial charge in [0.1, 0.15) is 5.75 Å². The summed E-state index contributed by atoms with van der Waals surface area (Å²) in [6, 6.07) is 20.3. The van der Waals surface area contributed by atoms with Gasteiger partial charge >= 0.3 is 0 Å². The van der Waals surface area contributed by atoms with Crippen LogP contribution in [0.4, 0.5) is 0 Å². The Morgan fingerprint density at radius 2 is 1.90 bits per heavy atom. The van der Waals surface area contributed by atoms with Crippen LogP contribution in [0, 0.1) is 0 Å². The first kappa shape index (κ1) is 12.7. The van der Waals surface area contributed by atoms with Crippen LogP contribution in [0.3, 0.4) is 0 Å². The van der Waals surface area contributed by atoms with Crippen LogP contribution >= 0.6 is 11.6 Å². The van der Waals surface area contributed by atoms with Gasteiger partial charge in [-0.1, -0.05) is 54.1 Å². The molecule has 0 bridgehead atoms. The van der Waals surface area contributed by atoms with Crippen molar-refractivity contribution in [2.75, 3.05) is 0 Å². The standard InChI is InChI=1S/C18H14ClNO/c19-14-6-3-5-13(10-14)18-20-11-16-15-7-2-1-4-12(15)8-9-17(16)21-18/h1-10,18,20H,11H2/t18-/m1/s1. The molecule has 0 radical (unpaired) electrons. The lowest BCUT2D eigenvalue weighted by Gasteiger charge is -2.28. The minimum atomic E-state index is -0.155. The molecular formula is C18H14ClNO. The first-order valence-corrected chi connectivity index (χ1v) is 7.35. The van der Waals surface area contributed by atoms with Gasteiger partial charge in [-0.15, -0.1) is 0 Å². The number of halogens is 1. The second-order valence-electron chi connectivity index (χ2n) is 5.20. The largest absolute Gasteiger partial charge is 0.471 e. The van der Waals surface area contributed by atoms with Crippen molar-refractivity contribution in [1.29, 1.82) is 0 Å². The molecular weight excluding hydrogens is 282 g/mol. The fourth-order valence-corrected chi connectivity index (χ4v) is 3.03. The van der Waals surface area contributed by atoms with Crippen molar-refractivity contribution in [3.63, 3.8) is 0 Å². The van der Waals surface area contributed by atoms with Crippen molar-refractivity contribution in [3.8, 4) is 5.75 Å². The predicted octanol–water partition coefficient (Wildman–Crippen LogP) is 4.67. The Morgan fingerprint density at radius 1 is 1.00 bits per heavy atom. The van der Waals surface area contributed by atoms with Gasteiger partial charge < -0.3 is 4.74 Å². The maximum absolute atomic E-state index is 6.11. The number of nitrogens with one attached hydrogen (secondary N) is 1. The molecule has 21 heavy (non-hydrogen) atoms. The second-order valence-corrected chi connectivity index (χ2v) is 5.63. The second kappa shape index (κ2) is 5.06. The third kappa shape index (κ3) is 2.27. The SMILES string of the molecule is Clc1cccc([C@@H]2NCc3c(ccc4ccccc34)O2)c1. The smallest absolute Gasteiger partial charge is 0.176 e. The Morgan fingerprint density at radius 3 is 2.81 bits per heavy atom. The summed E-state index contributed by atoms with van der Waals surface area (Å²) >= 11 is 6.06. The van der Waals surface area contributed by atoms with Gasteiger partial charge in [-0.25, -0.2) is 0 Å². The highest BCUT2D eigenvalue weighted by Crippen LogP contribution is 2.34.